The Kier molecular flexibility index (Phi) is 8.71. The van der Waals surface area contributed by atoms with E-state index in [9.17, 15) is 23.1 Å². The van der Waals surface area contributed by atoms with Crippen molar-refractivity contribution >= 4 is 33.4 Å². The number of phenols is 1. The van der Waals surface area contributed by atoms with E-state index in [1.807, 2.05) is 0 Å². The van der Waals surface area contributed by atoms with Crippen LogP contribution in [0.5, 0.6) is 5.75 Å². The van der Waals surface area contributed by atoms with E-state index in [4.69, 9.17) is 11.6 Å². The molecule has 0 spiro atoms. The van der Waals surface area contributed by atoms with Gasteiger partial charge in [0.25, 0.3) is 11.8 Å². The average molecular weight is 494 g/mol. The van der Waals surface area contributed by atoms with Crippen LogP contribution in [0.2, 0.25) is 5.02 Å². The third kappa shape index (κ3) is 6.69. The minimum atomic E-state index is -3.78. The molecule has 178 valence electrons. The van der Waals surface area contributed by atoms with Crippen LogP contribution >= 0.6 is 11.6 Å². The summed E-state index contributed by atoms with van der Waals surface area (Å²) in [4.78, 5) is 24.5. The molecular weight excluding hydrogens is 466 g/mol. The van der Waals surface area contributed by atoms with E-state index in [0.717, 1.165) is 25.7 Å². The first-order chi connectivity index (χ1) is 15.8. The lowest BCUT2D eigenvalue weighted by Gasteiger charge is -2.21. The van der Waals surface area contributed by atoms with Crippen molar-refractivity contribution in [2.75, 3.05) is 26.2 Å². The van der Waals surface area contributed by atoms with Gasteiger partial charge in [0.15, 0.2) is 0 Å². The summed E-state index contributed by atoms with van der Waals surface area (Å²) >= 11 is 6.19. The van der Waals surface area contributed by atoms with Crippen molar-refractivity contribution in [3.8, 4) is 5.75 Å². The fourth-order valence-corrected chi connectivity index (χ4v) is 5.62. The Labute approximate surface area is 199 Å². The quantitative estimate of drug-likeness (QED) is 0.488. The molecule has 0 aliphatic carbocycles. The second kappa shape index (κ2) is 11.5. The van der Waals surface area contributed by atoms with Crippen LogP contribution in [0.1, 0.15) is 52.8 Å². The van der Waals surface area contributed by atoms with Crippen molar-refractivity contribution in [2.24, 2.45) is 0 Å². The van der Waals surface area contributed by atoms with Crippen molar-refractivity contribution < 1.29 is 23.1 Å². The number of hydrogen-bond donors (Lipinski definition) is 3. The summed E-state index contributed by atoms with van der Waals surface area (Å²) in [6, 6.07) is 10.3. The van der Waals surface area contributed by atoms with E-state index in [0.29, 0.717) is 31.6 Å². The van der Waals surface area contributed by atoms with Gasteiger partial charge in [-0.15, -0.1) is 0 Å². The highest BCUT2D eigenvalue weighted by Crippen LogP contribution is 2.27. The van der Waals surface area contributed by atoms with Gasteiger partial charge >= 0.3 is 0 Å². The SMILES string of the molecule is O=C(NCCCNC(=O)c1ccc(Cl)c(S(=O)(=O)N2CCCCCC2)c1)c1cccc(O)c1. The Balaban J connectivity index is 1.54. The zero-order valence-electron chi connectivity index (χ0n) is 18.2. The van der Waals surface area contributed by atoms with Crippen molar-refractivity contribution in [2.45, 2.75) is 37.0 Å². The first kappa shape index (κ1) is 25.0. The molecular formula is C23H28ClN3O5S. The molecule has 0 radical (unpaired) electrons. The van der Waals surface area contributed by atoms with Crippen LogP contribution in [0, 0.1) is 0 Å². The smallest absolute Gasteiger partial charge is 0.251 e. The molecule has 1 aliphatic heterocycles. The third-order valence-corrected chi connectivity index (χ3v) is 7.79. The number of halogens is 1. The fraction of sp³-hybridized carbons (Fsp3) is 0.391. The highest BCUT2D eigenvalue weighted by Gasteiger charge is 2.28. The predicted molar refractivity (Wildman–Crippen MR) is 126 cm³/mol. The largest absolute Gasteiger partial charge is 0.508 e. The molecule has 8 nitrogen and oxygen atoms in total. The van der Waals surface area contributed by atoms with E-state index >= 15 is 0 Å². The summed E-state index contributed by atoms with van der Waals surface area (Å²) in [5.74, 6) is -0.730. The molecule has 3 N–H and O–H groups in total. The van der Waals surface area contributed by atoms with Gasteiger partial charge < -0.3 is 15.7 Å². The van der Waals surface area contributed by atoms with Crippen LogP contribution in [-0.2, 0) is 10.0 Å². The lowest BCUT2D eigenvalue weighted by Crippen LogP contribution is -2.32. The molecule has 1 heterocycles. The number of nitrogens with zero attached hydrogens (tertiary/aromatic N) is 1. The van der Waals surface area contributed by atoms with E-state index in [1.54, 1.807) is 12.1 Å². The second-order valence-corrected chi connectivity index (χ2v) is 10.2. The monoisotopic (exact) mass is 493 g/mol. The van der Waals surface area contributed by atoms with Gasteiger partial charge in [-0.2, -0.15) is 4.31 Å². The standard InChI is InChI=1S/C23H28ClN3O5S/c24-20-10-9-18(16-21(20)33(31,32)27-13-3-1-2-4-14-27)23(30)26-12-6-11-25-22(29)17-7-5-8-19(28)15-17/h5,7-10,15-16,28H,1-4,6,11-14H2,(H,25,29)(H,26,30). The summed E-state index contributed by atoms with van der Waals surface area (Å²) in [7, 11) is -3.78. The molecule has 0 aromatic heterocycles. The summed E-state index contributed by atoms with van der Waals surface area (Å²) in [5.41, 5.74) is 0.551. The Bertz CT molecular complexity index is 1100. The number of nitrogens with one attached hydrogen (secondary N) is 2. The van der Waals surface area contributed by atoms with Gasteiger partial charge in [0.2, 0.25) is 10.0 Å². The second-order valence-electron chi connectivity index (χ2n) is 7.88. The minimum Gasteiger partial charge on any atom is -0.508 e. The molecule has 0 unspecified atom stereocenters. The lowest BCUT2D eigenvalue weighted by molar-refractivity contribution is 0.0951. The van der Waals surface area contributed by atoms with Gasteiger partial charge in [0.1, 0.15) is 10.6 Å². The highest BCUT2D eigenvalue weighted by atomic mass is 35.5. The fourth-order valence-electron chi connectivity index (χ4n) is 3.61. The minimum absolute atomic E-state index is 0.00936. The predicted octanol–water partition coefficient (Wildman–Crippen LogP) is 3.16. The lowest BCUT2D eigenvalue weighted by atomic mass is 10.2. The molecule has 0 bridgehead atoms. The Morgan fingerprint density at radius 1 is 0.909 bits per heavy atom. The van der Waals surface area contributed by atoms with Gasteiger partial charge in [-0.1, -0.05) is 30.5 Å². The summed E-state index contributed by atoms with van der Waals surface area (Å²) in [6.07, 6.45) is 4.08. The number of benzene rings is 2. The number of aromatic hydroxyl groups is 1. The maximum Gasteiger partial charge on any atom is 0.251 e. The Morgan fingerprint density at radius 3 is 2.12 bits per heavy atom. The van der Waals surface area contributed by atoms with E-state index in [2.05, 4.69) is 10.6 Å². The van der Waals surface area contributed by atoms with Crippen molar-refractivity contribution in [1.82, 2.24) is 14.9 Å². The highest BCUT2D eigenvalue weighted by molar-refractivity contribution is 7.89. The van der Waals surface area contributed by atoms with Crippen LogP contribution in [0.15, 0.2) is 47.4 Å². The number of phenolic OH excluding ortho intramolecular Hbond substituents is 1. The molecule has 2 amide bonds. The molecule has 33 heavy (non-hydrogen) atoms. The molecule has 0 saturated carbocycles. The summed E-state index contributed by atoms with van der Waals surface area (Å²) < 4.78 is 27.6. The van der Waals surface area contributed by atoms with Gasteiger partial charge in [0.05, 0.1) is 5.02 Å². The molecule has 1 aliphatic rings. The van der Waals surface area contributed by atoms with Crippen molar-refractivity contribution in [3.63, 3.8) is 0 Å². The molecule has 10 heteroatoms. The number of carbonyl (C=O) groups is 2. The summed E-state index contributed by atoms with van der Waals surface area (Å²) in [6.45, 7) is 1.51. The van der Waals surface area contributed by atoms with E-state index in [-0.39, 0.29) is 33.7 Å². The zero-order chi connectivity index (χ0) is 23.8. The van der Waals surface area contributed by atoms with Crippen LogP contribution in [0.4, 0.5) is 0 Å². The van der Waals surface area contributed by atoms with E-state index in [1.165, 1.54) is 34.6 Å². The van der Waals surface area contributed by atoms with Gasteiger partial charge in [-0.25, -0.2) is 8.42 Å². The molecule has 0 atom stereocenters. The van der Waals surface area contributed by atoms with Crippen molar-refractivity contribution in [3.05, 3.63) is 58.6 Å². The Morgan fingerprint density at radius 2 is 1.52 bits per heavy atom. The molecule has 2 aromatic carbocycles. The normalized spacial score (nSPS) is 14.9. The van der Waals surface area contributed by atoms with Gasteiger partial charge in [-0.05, 0) is 55.7 Å². The number of sulfonamides is 1. The number of amides is 2. The van der Waals surface area contributed by atoms with E-state index < -0.39 is 15.9 Å². The molecule has 2 aromatic rings. The van der Waals surface area contributed by atoms with Crippen molar-refractivity contribution in [1.29, 1.82) is 0 Å². The van der Waals surface area contributed by atoms with Crippen LogP contribution < -0.4 is 10.6 Å². The van der Waals surface area contributed by atoms with Gasteiger partial charge in [0, 0.05) is 37.3 Å². The third-order valence-electron chi connectivity index (χ3n) is 5.41. The van der Waals surface area contributed by atoms with Crippen LogP contribution in [-0.4, -0.2) is 55.8 Å². The zero-order valence-corrected chi connectivity index (χ0v) is 19.8. The molecule has 1 saturated heterocycles. The first-order valence-electron chi connectivity index (χ1n) is 10.9. The first-order valence-corrected chi connectivity index (χ1v) is 12.8. The molecule has 1 fully saturated rings. The number of hydrogen-bond acceptors (Lipinski definition) is 5. The van der Waals surface area contributed by atoms with Crippen LogP contribution in [0.25, 0.3) is 0 Å². The summed E-state index contributed by atoms with van der Waals surface area (Å²) in [5, 5.41) is 15.0. The van der Waals surface area contributed by atoms with Crippen LogP contribution in [0.3, 0.4) is 0 Å². The number of rotatable bonds is 8. The topological polar surface area (TPSA) is 116 Å². The maximum absolute atomic E-state index is 13.1. The Hall–Kier alpha value is -2.62. The van der Waals surface area contributed by atoms with Gasteiger partial charge in [-0.3, -0.25) is 9.59 Å². The molecule has 3 rings (SSSR count). The average Bonchev–Trinajstić information content (AvgIpc) is 3.09. The maximum atomic E-state index is 13.1. The number of carbonyl (C=O) groups excluding carboxylic acids is 2.